The number of benzene rings is 1. The first-order valence-electron chi connectivity index (χ1n) is 4.88. The fraction of sp³-hybridized carbons (Fsp3) is 0. The SMILES string of the molecule is O=C(N/N=C\c1cccs1)c1ccc(F)cc1. The molecular weight excluding hydrogens is 239 g/mol. The van der Waals surface area contributed by atoms with Gasteiger partial charge in [0.25, 0.3) is 5.91 Å². The van der Waals surface area contributed by atoms with Gasteiger partial charge in [-0.05, 0) is 35.7 Å². The van der Waals surface area contributed by atoms with Crippen molar-refractivity contribution in [2.24, 2.45) is 5.10 Å². The van der Waals surface area contributed by atoms with Gasteiger partial charge in [-0.25, -0.2) is 9.82 Å². The predicted octanol–water partition coefficient (Wildman–Crippen LogP) is 2.65. The van der Waals surface area contributed by atoms with Gasteiger partial charge in [-0.1, -0.05) is 6.07 Å². The third-order valence-corrected chi connectivity index (χ3v) is 2.81. The Morgan fingerprint density at radius 2 is 2.06 bits per heavy atom. The predicted molar refractivity (Wildman–Crippen MR) is 65.8 cm³/mol. The molecule has 86 valence electrons. The zero-order valence-electron chi connectivity index (χ0n) is 8.76. The van der Waals surface area contributed by atoms with Crippen LogP contribution in [0.4, 0.5) is 4.39 Å². The maximum Gasteiger partial charge on any atom is 0.271 e. The van der Waals surface area contributed by atoms with Crippen molar-refractivity contribution in [2.45, 2.75) is 0 Å². The van der Waals surface area contributed by atoms with Gasteiger partial charge in [0.2, 0.25) is 0 Å². The minimum Gasteiger partial charge on any atom is -0.267 e. The Morgan fingerprint density at radius 1 is 1.29 bits per heavy atom. The second kappa shape index (κ2) is 5.36. The van der Waals surface area contributed by atoms with E-state index in [1.165, 1.54) is 35.6 Å². The van der Waals surface area contributed by atoms with Crippen LogP contribution >= 0.6 is 11.3 Å². The summed E-state index contributed by atoms with van der Waals surface area (Å²) in [5, 5.41) is 5.72. The minimum absolute atomic E-state index is 0.363. The van der Waals surface area contributed by atoms with Gasteiger partial charge in [-0.15, -0.1) is 11.3 Å². The van der Waals surface area contributed by atoms with Gasteiger partial charge in [-0.2, -0.15) is 5.10 Å². The Balaban J connectivity index is 1.96. The minimum atomic E-state index is -0.372. The van der Waals surface area contributed by atoms with Crippen LogP contribution in [0.5, 0.6) is 0 Å². The molecule has 0 aliphatic heterocycles. The molecular formula is C12H9FN2OS. The maximum absolute atomic E-state index is 12.6. The third-order valence-electron chi connectivity index (χ3n) is 2.01. The molecule has 0 saturated heterocycles. The van der Waals surface area contributed by atoms with Crippen molar-refractivity contribution >= 4 is 23.5 Å². The average Bonchev–Trinajstić information content (AvgIpc) is 2.83. The maximum atomic E-state index is 12.6. The van der Waals surface area contributed by atoms with Crippen molar-refractivity contribution in [1.82, 2.24) is 5.43 Å². The Kier molecular flexibility index (Phi) is 3.62. The largest absolute Gasteiger partial charge is 0.271 e. The first-order valence-corrected chi connectivity index (χ1v) is 5.76. The molecule has 0 saturated carbocycles. The van der Waals surface area contributed by atoms with Gasteiger partial charge in [-0.3, -0.25) is 4.79 Å². The highest BCUT2D eigenvalue weighted by molar-refractivity contribution is 7.11. The van der Waals surface area contributed by atoms with Gasteiger partial charge in [0.1, 0.15) is 5.82 Å². The molecule has 0 atom stereocenters. The Hall–Kier alpha value is -2.01. The number of nitrogens with one attached hydrogen (secondary N) is 1. The summed E-state index contributed by atoms with van der Waals surface area (Å²) in [5.41, 5.74) is 2.74. The highest BCUT2D eigenvalue weighted by Crippen LogP contribution is 2.05. The van der Waals surface area contributed by atoms with E-state index >= 15 is 0 Å². The summed E-state index contributed by atoms with van der Waals surface area (Å²) in [6.07, 6.45) is 1.56. The zero-order valence-corrected chi connectivity index (χ0v) is 9.58. The molecule has 1 N–H and O–H groups in total. The Morgan fingerprint density at radius 3 is 2.71 bits per heavy atom. The molecule has 0 aliphatic carbocycles. The van der Waals surface area contributed by atoms with Crippen LogP contribution in [0, 0.1) is 5.82 Å². The van der Waals surface area contributed by atoms with Crippen LogP contribution in [0.15, 0.2) is 46.9 Å². The molecule has 1 heterocycles. The second-order valence-electron chi connectivity index (χ2n) is 3.22. The number of hydrogen-bond acceptors (Lipinski definition) is 3. The molecule has 5 heteroatoms. The van der Waals surface area contributed by atoms with E-state index in [4.69, 9.17) is 0 Å². The van der Waals surface area contributed by atoms with Crippen LogP contribution in [0.25, 0.3) is 0 Å². The number of nitrogens with zero attached hydrogens (tertiary/aromatic N) is 1. The number of rotatable bonds is 3. The van der Waals surface area contributed by atoms with Crippen LogP contribution < -0.4 is 5.43 Å². The average molecular weight is 248 g/mol. The summed E-state index contributed by atoms with van der Waals surface area (Å²) in [4.78, 5) is 12.5. The highest BCUT2D eigenvalue weighted by atomic mass is 32.1. The molecule has 0 spiro atoms. The lowest BCUT2D eigenvalue weighted by Crippen LogP contribution is -2.17. The Labute approximate surface area is 102 Å². The molecule has 0 bridgehead atoms. The normalized spacial score (nSPS) is 10.6. The van der Waals surface area contributed by atoms with E-state index in [0.29, 0.717) is 5.56 Å². The number of halogens is 1. The number of carbonyl (C=O) groups excluding carboxylic acids is 1. The summed E-state index contributed by atoms with van der Waals surface area (Å²) in [5.74, 6) is -0.735. The van der Waals surface area contributed by atoms with Gasteiger partial charge >= 0.3 is 0 Å². The lowest BCUT2D eigenvalue weighted by Gasteiger charge is -1.98. The van der Waals surface area contributed by atoms with E-state index in [-0.39, 0.29) is 11.7 Å². The third kappa shape index (κ3) is 3.22. The topological polar surface area (TPSA) is 41.5 Å². The van der Waals surface area contributed by atoms with Crippen LogP contribution in [-0.4, -0.2) is 12.1 Å². The van der Waals surface area contributed by atoms with E-state index in [2.05, 4.69) is 10.5 Å². The summed E-state index contributed by atoms with van der Waals surface area (Å²) in [6.45, 7) is 0. The quantitative estimate of drug-likeness (QED) is 0.658. The fourth-order valence-electron chi connectivity index (χ4n) is 1.19. The molecule has 0 radical (unpaired) electrons. The molecule has 2 aromatic rings. The first kappa shape index (κ1) is 11.5. The molecule has 17 heavy (non-hydrogen) atoms. The van der Waals surface area contributed by atoms with Gasteiger partial charge in [0.05, 0.1) is 6.21 Å². The van der Waals surface area contributed by atoms with Gasteiger partial charge in [0.15, 0.2) is 0 Å². The Bertz CT molecular complexity index is 520. The number of hydrazone groups is 1. The monoisotopic (exact) mass is 248 g/mol. The summed E-state index contributed by atoms with van der Waals surface area (Å²) < 4.78 is 12.6. The number of hydrogen-bond donors (Lipinski definition) is 1. The van der Waals surface area contributed by atoms with Crippen molar-refractivity contribution in [3.8, 4) is 0 Å². The second-order valence-corrected chi connectivity index (χ2v) is 4.20. The van der Waals surface area contributed by atoms with Gasteiger partial charge < -0.3 is 0 Å². The van der Waals surface area contributed by atoms with Gasteiger partial charge in [0, 0.05) is 10.4 Å². The molecule has 0 aliphatic rings. The number of carbonyl (C=O) groups is 1. The van der Waals surface area contributed by atoms with E-state index in [1.807, 2.05) is 17.5 Å². The lowest BCUT2D eigenvalue weighted by atomic mass is 10.2. The van der Waals surface area contributed by atoms with Crippen LogP contribution in [0.2, 0.25) is 0 Å². The molecule has 0 fully saturated rings. The summed E-state index contributed by atoms with van der Waals surface area (Å²) in [6, 6.07) is 9.07. The van der Waals surface area contributed by atoms with Crippen LogP contribution in [0.3, 0.4) is 0 Å². The molecule has 2 rings (SSSR count). The number of thiophene rings is 1. The molecule has 3 nitrogen and oxygen atoms in total. The summed E-state index contributed by atoms with van der Waals surface area (Å²) >= 11 is 1.52. The van der Waals surface area contributed by atoms with Crippen LogP contribution in [-0.2, 0) is 0 Å². The standard InChI is InChI=1S/C12H9FN2OS/c13-10-5-3-9(4-6-10)12(16)15-14-8-11-2-1-7-17-11/h1-8H,(H,15,16)/b14-8-. The van der Waals surface area contributed by atoms with Crippen molar-refractivity contribution in [1.29, 1.82) is 0 Å². The number of amides is 1. The fourth-order valence-corrected chi connectivity index (χ4v) is 1.77. The van der Waals surface area contributed by atoms with Crippen molar-refractivity contribution in [3.63, 3.8) is 0 Å². The van der Waals surface area contributed by atoms with E-state index in [9.17, 15) is 9.18 Å². The van der Waals surface area contributed by atoms with Crippen molar-refractivity contribution < 1.29 is 9.18 Å². The first-order chi connectivity index (χ1) is 8.25. The zero-order chi connectivity index (χ0) is 12.1. The molecule has 1 amide bonds. The molecule has 1 aromatic heterocycles. The molecule has 1 aromatic carbocycles. The summed E-state index contributed by atoms with van der Waals surface area (Å²) in [7, 11) is 0. The molecule has 0 unspecified atom stereocenters. The van der Waals surface area contributed by atoms with Crippen molar-refractivity contribution in [2.75, 3.05) is 0 Å². The smallest absolute Gasteiger partial charge is 0.267 e. The lowest BCUT2D eigenvalue weighted by molar-refractivity contribution is 0.0955. The highest BCUT2D eigenvalue weighted by Gasteiger charge is 2.03. The van der Waals surface area contributed by atoms with E-state index in [0.717, 1.165) is 4.88 Å². The van der Waals surface area contributed by atoms with E-state index < -0.39 is 0 Å². The van der Waals surface area contributed by atoms with Crippen LogP contribution in [0.1, 0.15) is 15.2 Å². The van der Waals surface area contributed by atoms with Crippen molar-refractivity contribution in [3.05, 3.63) is 58.0 Å². The van der Waals surface area contributed by atoms with E-state index in [1.54, 1.807) is 6.21 Å².